The van der Waals surface area contributed by atoms with Gasteiger partial charge < -0.3 is 14.5 Å². The molecule has 1 aromatic heterocycles. The number of amides is 1. The first-order valence-corrected chi connectivity index (χ1v) is 10.1. The van der Waals surface area contributed by atoms with Crippen molar-refractivity contribution in [2.75, 3.05) is 33.8 Å². The monoisotopic (exact) mass is 381 g/mol. The zero-order chi connectivity index (χ0) is 19.8. The number of unbranched alkanes of at least 4 members (excludes halogenated alkanes) is 1. The van der Waals surface area contributed by atoms with E-state index in [2.05, 4.69) is 28.1 Å². The zero-order valence-corrected chi connectivity index (χ0v) is 17.0. The fourth-order valence-electron chi connectivity index (χ4n) is 3.87. The Morgan fingerprint density at radius 1 is 1.18 bits per heavy atom. The summed E-state index contributed by atoms with van der Waals surface area (Å²) in [6.07, 6.45) is 7.13. The maximum atomic E-state index is 13.1. The van der Waals surface area contributed by atoms with Gasteiger partial charge in [-0.15, -0.1) is 0 Å². The second kappa shape index (κ2) is 10.3. The van der Waals surface area contributed by atoms with E-state index in [1.165, 1.54) is 5.56 Å². The van der Waals surface area contributed by atoms with Gasteiger partial charge in [0.15, 0.2) is 0 Å². The van der Waals surface area contributed by atoms with Crippen LogP contribution in [0, 0.1) is 0 Å². The zero-order valence-electron chi connectivity index (χ0n) is 17.0. The van der Waals surface area contributed by atoms with E-state index in [9.17, 15) is 4.79 Å². The van der Waals surface area contributed by atoms with Crippen LogP contribution in [0.2, 0.25) is 0 Å². The van der Waals surface area contributed by atoms with Crippen molar-refractivity contribution in [3.8, 4) is 0 Å². The molecule has 0 unspecified atom stereocenters. The van der Waals surface area contributed by atoms with Crippen LogP contribution in [0.5, 0.6) is 0 Å². The number of hydrogen-bond acceptors (Lipinski definition) is 4. The molecular weight excluding hydrogens is 350 g/mol. The summed E-state index contributed by atoms with van der Waals surface area (Å²) >= 11 is 0. The van der Waals surface area contributed by atoms with Gasteiger partial charge in [0.1, 0.15) is 0 Å². The van der Waals surface area contributed by atoms with Gasteiger partial charge in [0.05, 0.1) is 18.8 Å². The van der Waals surface area contributed by atoms with Gasteiger partial charge in [-0.05, 0) is 50.6 Å². The first-order valence-electron chi connectivity index (χ1n) is 10.1. The van der Waals surface area contributed by atoms with Crippen molar-refractivity contribution in [3.63, 3.8) is 0 Å². The molecule has 0 N–H and O–H groups in total. The van der Waals surface area contributed by atoms with Crippen LogP contribution in [0.15, 0.2) is 54.9 Å². The Morgan fingerprint density at radius 3 is 2.71 bits per heavy atom. The first kappa shape index (κ1) is 20.5. The van der Waals surface area contributed by atoms with Gasteiger partial charge in [-0.2, -0.15) is 0 Å². The Kier molecular flexibility index (Phi) is 7.57. The quantitative estimate of drug-likeness (QED) is 0.658. The van der Waals surface area contributed by atoms with Gasteiger partial charge in [-0.1, -0.05) is 36.4 Å². The molecule has 1 saturated heterocycles. The van der Waals surface area contributed by atoms with Gasteiger partial charge in [-0.3, -0.25) is 9.78 Å². The average Bonchev–Trinajstić information content (AvgIpc) is 2.72. The summed E-state index contributed by atoms with van der Waals surface area (Å²) < 4.78 is 6.08. The van der Waals surface area contributed by atoms with Crippen molar-refractivity contribution < 1.29 is 9.53 Å². The normalized spacial score (nSPS) is 19.8. The number of pyridine rings is 1. The predicted octanol–water partition coefficient (Wildman–Crippen LogP) is 3.32. The molecule has 2 aromatic rings. The lowest BCUT2D eigenvalue weighted by Crippen LogP contribution is -2.51. The largest absolute Gasteiger partial charge is 0.373 e. The molecule has 5 heteroatoms. The number of nitrogens with zero attached hydrogens (tertiary/aromatic N) is 3. The number of aryl methyl sites for hydroxylation is 1. The van der Waals surface area contributed by atoms with Gasteiger partial charge in [0.25, 0.3) is 0 Å². The second-order valence-electron chi connectivity index (χ2n) is 7.68. The number of morpholine rings is 1. The Balaban J connectivity index is 1.62. The highest BCUT2D eigenvalue weighted by atomic mass is 16.5. The molecule has 0 spiro atoms. The minimum absolute atomic E-state index is 0.00880. The number of likely N-dealkylation sites (N-methyl/N-ethyl adjacent to an activating group) is 1. The molecule has 28 heavy (non-hydrogen) atoms. The molecule has 1 aromatic carbocycles. The molecule has 5 nitrogen and oxygen atoms in total. The number of ether oxygens (including phenoxy) is 1. The lowest BCUT2D eigenvalue weighted by molar-refractivity contribution is -0.148. The van der Waals surface area contributed by atoms with Crippen molar-refractivity contribution in [2.24, 2.45) is 0 Å². The van der Waals surface area contributed by atoms with Crippen LogP contribution in [0.1, 0.15) is 36.4 Å². The smallest absolute Gasteiger partial charge is 0.223 e. The third kappa shape index (κ3) is 5.63. The minimum atomic E-state index is -0.0248. The lowest BCUT2D eigenvalue weighted by atomic mass is 9.96. The van der Waals surface area contributed by atoms with Crippen LogP contribution in [-0.2, 0) is 16.0 Å². The topological polar surface area (TPSA) is 45.7 Å². The second-order valence-corrected chi connectivity index (χ2v) is 7.68. The fraction of sp³-hybridized carbons (Fsp3) is 0.478. The maximum absolute atomic E-state index is 13.1. The summed E-state index contributed by atoms with van der Waals surface area (Å²) in [4.78, 5) is 21.4. The van der Waals surface area contributed by atoms with Crippen LogP contribution in [0.4, 0.5) is 0 Å². The number of hydrogen-bond donors (Lipinski definition) is 0. The van der Waals surface area contributed by atoms with E-state index in [1.807, 2.05) is 49.5 Å². The first-order chi connectivity index (χ1) is 13.6. The number of carbonyl (C=O) groups is 1. The van der Waals surface area contributed by atoms with E-state index in [4.69, 9.17) is 4.74 Å². The summed E-state index contributed by atoms with van der Waals surface area (Å²) in [5.41, 5.74) is 2.38. The predicted molar refractivity (Wildman–Crippen MR) is 111 cm³/mol. The number of aromatic nitrogens is 1. The van der Waals surface area contributed by atoms with Crippen molar-refractivity contribution in [1.29, 1.82) is 0 Å². The highest BCUT2D eigenvalue weighted by molar-refractivity contribution is 5.77. The van der Waals surface area contributed by atoms with Crippen LogP contribution < -0.4 is 0 Å². The summed E-state index contributed by atoms with van der Waals surface area (Å²) in [6.45, 7) is 2.05. The molecule has 0 aliphatic carbocycles. The van der Waals surface area contributed by atoms with E-state index < -0.39 is 0 Å². The van der Waals surface area contributed by atoms with Gasteiger partial charge in [-0.25, -0.2) is 0 Å². The molecule has 2 heterocycles. The molecule has 1 amide bonds. The number of rotatable bonds is 8. The molecule has 0 radical (unpaired) electrons. The van der Waals surface area contributed by atoms with Crippen LogP contribution in [0.3, 0.4) is 0 Å². The molecule has 0 saturated carbocycles. The Bertz CT molecular complexity index is 721. The summed E-state index contributed by atoms with van der Waals surface area (Å²) in [5.74, 6) is 0.229. The molecule has 0 bridgehead atoms. The molecule has 1 fully saturated rings. The molecule has 1 aliphatic rings. The molecule has 150 valence electrons. The minimum Gasteiger partial charge on any atom is -0.373 e. The maximum Gasteiger partial charge on any atom is 0.223 e. The van der Waals surface area contributed by atoms with Crippen molar-refractivity contribution in [1.82, 2.24) is 14.8 Å². The number of carbonyl (C=O) groups excluding carboxylic acids is 1. The lowest BCUT2D eigenvalue weighted by Gasteiger charge is -2.42. The van der Waals surface area contributed by atoms with E-state index in [0.29, 0.717) is 19.6 Å². The third-order valence-corrected chi connectivity index (χ3v) is 5.19. The number of benzene rings is 1. The average molecular weight is 382 g/mol. The summed E-state index contributed by atoms with van der Waals surface area (Å²) in [5, 5.41) is 0. The Hall–Kier alpha value is -2.24. The molecule has 3 rings (SSSR count). The van der Waals surface area contributed by atoms with E-state index in [-0.39, 0.29) is 18.1 Å². The summed E-state index contributed by atoms with van der Waals surface area (Å²) in [6, 6.07) is 14.3. The Morgan fingerprint density at radius 2 is 2.00 bits per heavy atom. The van der Waals surface area contributed by atoms with Crippen LogP contribution in [-0.4, -0.2) is 60.6 Å². The van der Waals surface area contributed by atoms with Gasteiger partial charge in [0.2, 0.25) is 5.91 Å². The van der Waals surface area contributed by atoms with E-state index >= 15 is 0 Å². The van der Waals surface area contributed by atoms with Gasteiger partial charge >= 0.3 is 0 Å². The highest BCUT2D eigenvalue weighted by Crippen LogP contribution is 2.30. The van der Waals surface area contributed by atoms with E-state index in [1.54, 1.807) is 6.20 Å². The van der Waals surface area contributed by atoms with Crippen molar-refractivity contribution in [2.45, 2.75) is 37.8 Å². The molecular formula is C23H31N3O2. The molecule has 2 atom stereocenters. The van der Waals surface area contributed by atoms with Crippen LogP contribution >= 0.6 is 0 Å². The Labute approximate surface area is 168 Å². The third-order valence-electron chi connectivity index (χ3n) is 5.19. The molecule has 1 aliphatic heterocycles. The summed E-state index contributed by atoms with van der Waals surface area (Å²) in [7, 11) is 4.09. The van der Waals surface area contributed by atoms with Crippen LogP contribution in [0.25, 0.3) is 0 Å². The van der Waals surface area contributed by atoms with Crippen molar-refractivity contribution >= 4 is 5.91 Å². The van der Waals surface area contributed by atoms with Gasteiger partial charge in [0, 0.05) is 31.9 Å². The standard InChI is InChI=1S/C23H31N3O2/c1-25(2)18-21-23(20-11-4-3-5-12-20)26(15-16-28-21)22(27)13-7-6-9-19-10-8-14-24-17-19/h3-5,8,10-12,14,17,21,23H,6-7,9,13,15-16,18H2,1-2H3/t21-,23-/m0/s1. The SMILES string of the molecule is CN(C)C[C@@H]1OCCN(C(=O)CCCCc2cccnc2)[C@H]1c1ccccc1. The highest BCUT2D eigenvalue weighted by Gasteiger charge is 2.36. The van der Waals surface area contributed by atoms with E-state index in [0.717, 1.165) is 31.4 Å². The fourth-order valence-corrected chi connectivity index (χ4v) is 3.87. The van der Waals surface area contributed by atoms with Crippen molar-refractivity contribution in [3.05, 3.63) is 66.0 Å².